The van der Waals surface area contributed by atoms with Crippen LogP contribution in [0.2, 0.25) is 0 Å². The molecule has 0 saturated carbocycles. The largest absolute Gasteiger partial charge is 0.315 e. The molecule has 0 aliphatic heterocycles. The summed E-state index contributed by atoms with van der Waals surface area (Å²) in [5.41, 5.74) is 1.31. The lowest BCUT2D eigenvalue weighted by molar-refractivity contribution is 0.606. The lowest BCUT2D eigenvalue weighted by Gasteiger charge is -2.07. The molecule has 0 amide bonds. The van der Waals surface area contributed by atoms with Gasteiger partial charge in [-0.2, -0.15) is 0 Å². The van der Waals surface area contributed by atoms with E-state index < -0.39 is 0 Å². The highest BCUT2D eigenvalue weighted by Crippen LogP contribution is 2.14. The molecule has 84 valence electrons. The second kappa shape index (κ2) is 7.85. The number of benzene rings is 1. The molecule has 2 N–H and O–H groups in total. The smallest absolute Gasteiger partial charge is 0.0220 e. The zero-order valence-corrected chi connectivity index (χ0v) is 10.8. The van der Waals surface area contributed by atoms with Gasteiger partial charge in [-0.05, 0) is 24.6 Å². The van der Waals surface area contributed by atoms with Crippen LogP contribution in [0.15, 0.2) is 28.7 Å². The van der Waals surface area contributed by atoms with E-state index in [0.717, 1.165) is 26.2 Å². The Labute approximate surface area is 101 Å². The first-order chi connectivity index (χ1) is 7.34. The maximum atomic E-state index is 3.53. The molecule has 0 radical (unpaired) electrons. The molecule has 0 aliphatic rings. The quantitative estimate of drug-likeness (QED) is 0.745. The monoisotopic (exact) mass is 270 g/mol. The van der Waals surface area contributed by atoms with E-state index in [1.165, 1.54) is 16.5 Å². The van der Waals surface area contributed by atoms with E-state index in [4.69, 9.17) is 0 Å². The fourth-order valence-corrected chi connectivity index (χ4v) is 1.77. The van der Waals surface area contributed by atoms with Crippen molar-refractivity contribution in [1.82, 2.24) is 10.6 Å². The summed E-state index contributed by atoms with van der Waals surface area (Å²) in [7, 11) is 0. The van der Waals surface area contributed by atoms with Gasteiger partial charge in [-0.15, -0.1) is 0 Å². The van der Waals surface area contributed by atoms with Gasteiger partial charge in [0, 0.05) is 24.1 Å². The Balaban J connectivity index is 2.12. The van der Waals surface area contributed by atoms with E-state index >= 15 is 0 Å². The SMILES string of the molecule is CCCNCCNCc1ccccc1Br. The molecule has 0 unspecified atom stereocenters. The maximum Gasteiger partial charge on any atom is 0.0220 e. The fraction of sp³-hybridized carbons (Fsp3) is 0.500. The highest BCUT2D eigenvalue weighted by atomic mass is 79.9. The average Bonchev–Trinajstić information content (AvgIpc) is 2.25. The minimum atomic E-state index is 0.926. The molecule has 1 aromatic carbocycles. The lowest BCUT2D eigenvalue weighted by Crippen LogP contribution is -2.27. The topological polar surface area (TPSA) is 24.1 Å². The van der Waals surface area contributed by atoms with E-state index in [-0.39, 0.29) is 0 Å². The van der Waals surface area contributed by atoms with Gasteiger partial charge in [-0.25, -0.2) is 0 Å². The Bertz CT molecular complexity index is 276. The van der Waals surface area contributed by atoms with Gasteiger partial charge in [0.05, 0.1) is 0 Å². The van der Waals surface area contributed by atoms with Crippen molar-refractivity contribution in [3.05, 3.63) is 34.3 Å². The summed E-state index contributed by atoms with van der Waals surface area (Å²) >= 11 is 3.53. The van der Waals surface area contributed by atoms with Crippen molar-refractivity contribution < 1.29 is 0 Å². The molecule has 1 rings (SSSR count). The van der Waals surface area contributed by atoms with Crippen LogP contribution in [-0.2, 0) is 6.54 Å². The van der Waals surface area contributed by atoms with Crippen LogP contribution in [0.3, 0.4) is 0 Å². The minimum absolute atomic E-state index is 0.926. The molecule has 2 nitrogen and oxygen atoms in total. The summed E-state index contributed by atoms with van der Waals surface area (Å²) in [5.74, 6) is 0. The van der Waals surface area contributed by atoms with Crippen molar-refractivity contribution in [2.45, 2.75) is 19.9 Å². The van der Waals surface area contributed by atoms with Crippen LogP contribution in [0.5, 0.6) is 0 Å². The zero-order chi connectivity index (χ0) is 10.9. The summed E-state index contributed by atoms with van der Waals surface area (Å²) in [6, 6.07) is 8.32. The normalized spacial score (nSPS) is 10.5. The van der Waals surface area contributed by atoms with Crippen LogP contribution < -0.4 is 10.6 Å². The van der Waals surface area contributed by atoms with Gasteiger partial charge in [-0.3, -0.25) is 0 Å². The summed E-state index contributed by atoms with van der Waals surface area (Å²) in [4.78, 5) is 0. The van der Waals surface area contributed by atoms with Crippen LogP contribution >= 0.6 is 15.9 Å². The number of hydrogen-bond acceptors (Lipinski definition) is 2. The van der Waals surface area contributed by atoms with E-state index in [9.17, 15) is 0 Å². The van der Waals surface area contributed by atoms with Crippen molar-refractivity contribution in [3.8, 4) is 0 Å². The van der Waals surface area contributed by atoms with Gasteiger partial charge in [-0.1, -0.05) is 41.1 Å². The molecular weight excluding hydrogens is 252 g/mol. The molecule has 0 aliphatic carbocycles. The number of nitrogens with one attached hydrogen (secondary N) is 2. The summed E-state index contributed by atoms with van der Waals surface area (Å²) in [5, 5.41) is 6.77. The second-order valence-electron chi connectivity index (χ2n) is 3.52. The van der Waals surface area contributed by atoms with E-state index in [0.29, 0.717) is 0 Å². The third-order valence-electron chi connectivity index (χ3n) is 2.18. The minimum Gasteiger partial charge on any atom is -0.315 e. The Morgan fingerprint density at radius 1 is 1.07 bits per heavy atom. The third kappa shape index (κ3) is 5.30. The summed E-state index contributed by atoms with van der Waals surface area (Å²) < 4.78 is 1.18. The molecule has 0 atom stereocenters. The van der Waals surface area contributed by atoms with Crippen LogP contribution in [0.25, 0.3) is 0 Å². The molecule has 0 bridgehead atoms. The molecule has 0 spiro atoms. The van der Waals surface area contributed by atoms with Gasteiger partial charge >= 0.3 is 0 Å². The van der Waals surface area contributed by atoms with Crippen molar-refractivity contribution in [2.24, 2.45) is 0 Å². The molecule has 0 fully saturated rings. The first kappa shape index (κ1) is 12.7. The average molecular weight is 271 g/mol. The number of rotatable bonds is 7. The lowest BCUT2D eigenvalue weighted by atomic mass is 10.2. The first-order valence-corrected chi connectivity index (χ1v) is 6.28. The zero-order valence-electron chi connectivity index (χ0n) is 9.22. The van der Waals surface area contributed by atoms with Crippen LogP contribution in [0.1, 0.15) is 18.9 Å². The van der Waals surface area contributed by atoms with Crippen LogP contribution in [-0.4, -0.2) is 19.6 Å². The Morgan fingerprint density at radius 3 is 2.53 bits per heavy atom. The second-order valence-corrected chi connectivity index (χ2v) is 4.37. The van der Waals surface area contributed by atoms with Crippen molar-refractivity contribution in [2.75, 3.05) is 19.6 Å². The van der Waals surface area contributed by atoms with Gasteiger partial charge in [0.25, 0.3) is 0 Å². The van der Waals surface area contributed by atoms with E-state index in [2.05, 4.69) is 51.7 Å². The van der Waals surface area contributed by atoms with Crippen molar-refractivity contribution in [3.63, 3.8) is 0 Å². The van der Waals surface area contributed by atoms with Gasteiger partial charge in [0.2, 0.25) is 0 Å². The highest BCUT2D eigenvalue weighted by molar-refractivity contribution is 9.10. The van der Waals surface area contributed by atoms with Crippen molar-refractivity contribution >= 4 is 15.9 Å². The maximum absolute atomic E-state index is 3.53. The number of hydrogen-bond donors (Lipinski definition) is 2. The standard InChI is InChI=1S/C12H19BrN2/c1-2-7-14-8-9-15-10-11-5-3-4-6-12(11)13/h3-6,14-15H,2,7-10H2,1H3. The van der Waals surface area contributed by atoms with Gasteiger partial charge < -0.3 is 10.6 Å². The van der Waals surface area contributed by atoms with Gasteiger partial charge in [0.1, 0.15) is 0 Å². The predicted octanol–water partition coefficient (Wildman–Crippen LogP) is 2.54. The first-order valence-electron chi connectivity index (χ1n) is 5.49. The van der Waals surface area contributed by atoms with Gasteiger partial charge in [0.15, 0.2) is 0 Å². The Hall–Kier alpha value is -0.380. The van der Waals surface area contributed by atoms with Crippen molar-refractivity contribution in [1.29, 1.82) is 0 Å². The Morgan fingerprint density at radius 2 is 1.80 bits per heavy atom. The summed E-state index contributed by atoms with van der Waals surface area (Å²) in [6.45, 7) is 6.27. The number of halogens is 1. The van der Waals surface area contributed by atoms with E-state index in [1.807, 2.05) is 6.07 Å². The van der Waals surface area contributed by atoms with Crippen LogP contribution in [0, 0.1) is 0 Å². The molecule has 3 heteroatoms. The Kier molecular flexibility index (Phi) is 6.64. The molecule has 0 heterocycles. The summed E-state index contributed by atoms with van der Waals surface area (Å²) in [6.07, 6.45) is 1.20. The molecule has 0 saturated heterocycles. The molecular formula is C12H19BrN2. The third-order valence-corrected chi connectivity index (χ3v) is 2.95. The van der Waals surface area contributed by atoms with E-state index in [1.54, 1.807) is 0 Å². The molecule has 0 aromatic heterocycles. The predicted molar refractivity (Wildman–Crippen MR) is 69.0 cm³/mol. The molecule has 15 heavy (non-hydrogen) atoms. The highest BCUT2D eigenvalue weighted by Gasteiger charge is 1.96. The fourth-order valence-electron chi connectivity index (χ4n) is 1.34. The molecule has 1 aromatic rings. The van der Waals surface area contributed by atoms with Crippen LogP contribution in [0.4, 0.5) is 0 Å².